The number of halogens is 3. The number of benzene rings is 2. The van der Waals surface area contributed by atoms with Crippen LogP contribution in [0.5, 0.6) is 0 Å². The first kappa shape index (κ1) is 25.9. The molecule has 0 heterocycles. The van der Waals surface area contributed by atoms with Crippen LogP contribution in [0.25, 0.3) is 0 Å². The highest BCUT2D eigenvalue weighted by Gasteiger charge is 2.30. The molecule has 2 rings (SSSR count). The summed E-state index contributed by atoms with van der Waals surface area (Å²) in [4.78, 5) is 27.0. The number of nitrogens with zero attached hydrogens (tertiary/aromatic N) is 2. The zero-order valence-electron chi connectivity index (χ0n) is 17.8. The summed E-state index contributed by atoms with van der Waals surface area (Å²) in [7, 11) is -3.88. The number of hydrogen-bond acceptors (Lipinski definition) is 4. The van der Waals surface area contributed by atoms with Crippen LogP contribution in [-0.4, -0.2) is 50.5 Å². The molecule has 0 aliphatic heterocycles. The number of nitrogens with one attached hydrogen (secondary N) is 1. The third-order valence-electron chi connectivity index (χ3n) is 4.67. The van der Waals surface area contributed by atoms with E-state index in [0.717, 1.165) is 22.7 Å². The second kappa shape index (κ2) is 11.0. The zero-order valence-corrected chi connectivity index (χ0v) is 20.1. The van der Waals surface area contributed by atoms with Gasteiger partial charge in [-0.3, -0.25) is 13.9 Å². The lowest BCUT2D eigenvalue weighted by Gasteiger charge is -2.31. The van der Waals surface area contributed by atoms with Crippen molar-refractivity contribution in [3.63, 3.8) is 0 Å². The molecular formula is C21H24Cl2FN3O4S. The molecular weight excluding hydrogens is 480 g/mol. The van der Waals surface area contributed by atoms with Crippen LogP contribution in [-0.2, 0) is 26.2 Å². The average molecular weight is 504 g/mol. The first-order valence-electron chi connectivity index (χ1n) is 9.68. The summed E-state index contributed by atoms with van der Waals surface area (Å²) in [6, 6.07) is 8.55. The standard InChI is InChI=1S/C21H24Cl2FN3O4S/c1-4-25-21(29)14(2)26(12-15-5-6-16(22)11-19(15)23)20(28)13-27(32(3,30)31)18-9-7-17(24)8-10-18/h5-11,14H,4,12-13H2,1-3H3,(H,25,29)/t14-/m1/s1. The third kappa shape index (κ3) is 6.82. The van der Waals surface area contributed by atoms with Crippen molar-refractivity contribution in [3.8, 4) is 0 Å². The molecule has 0 radical (unpaired) electrons. The summed E-state index contributed by atoms with van der Waals surface area (Å²) in [5.74, 6) is -1.58. The Morgan fingerprint density at radius 1 is 1.12 bits per heavy atom. The summed E-state index contributed by atoms with van der Waals surface area (Å²) >= 11 is 12.2. The van der Waals surface area contributed by atoms with Gasteiger partial charge in [0.2, 0.25) is 21.8 Å². The number of rotatable bonds is 9. The molecule has 2 amide bonds. The van der Waals surface area contributed by atoms with Crippen LogP contribution in [0, 0.1) is 5.82 Å². The Bertz CT molecular complexity index is 1080. The summed E-state index contributed by atoms with van der Waals surface area (Å²) in [5.41, 5.74) is 0.658. The van der Waals surface area contributed by atoms with Gasteiger partial charge in [-0.25, -0.2) is 12.8 Å². The fourth-order valence-electron chi connectivity index (χ4n) is 2.96. The van der Waals surface area contributed by atoms with Gasteiger partial charge in [0.1, 0.15) is 18.4 Å². The molecule has 1 N–H and O–H groups in total. The Morgan fingerprint density at radius 2 is 1.75 bits per heavy atom. The molecule has 0 aliphatic carbocycles. The molecule has 11 heteroatoms. The Morgan fingerprint density at radius 3 is 2.28 bits per heavy atom. The summed E-state index contributed by atoms with van der Waals surface area (Å²) < 4.78 is 38.9. The van der Waals surface area contributed by atoms with E-state index in [0.29, 0.717) is 22.2 Å². The van der Waals surface area contributed by atoms with E-state index >= 15 is 0 Å². The molecule has 2 aromatic carbocycles. The Balaban J connectivity index is 2.40. The van der Waals surface area contributed by atoms with E-state index < -0.39 is 40.2 Å². The molecule has 1 atom stereocenters. The number of likely N-dealkylation sites (N-methyl/N-ethyl adjacent to an activating group) is 1. The molecule has 0 aliphatic rings. The maximum absolute atomic E-state index is 13.3. The van der Waals surface area contributed by atoms with Crippen LogP contribution in [0.1, 0.15) is 19.4 Å². The van der Waals surface area contributed by atoms with Crippen molar-refractivity contribution in [3.05, 3.63) is 63.9 Å². The van der Waals surface area contributed by atoms with E-state index in [1.54, 1.807) is 19.1 Å². The number of anilines is 1. The highest BCUT2D eigenvalue weighted by Crippen LogP contribution is 2.24. The smallest absolute Gasteiger partial charge is 0.244 e. The third-order valence-corrected chi connectivity index (χ3v) is 6.40. The minimum Gasteiger partial charge on any atom is -0.355 e. The van der Waals surface area contributed by atoms with Crippen molar-refractivity contribution in [2.45, 2.75) is 26.4 Å². The predicted octanol–water partition coefficient (Wildman–Crippen LogP) is 3.45. The lowest BCUT2D eigenvalue weighted by molar-refractivity contribution is -0.139. The van der Waals surface area contributed by atoms with Crippen molar-refractivity contribution in [1.29, 1.82) is 0 Å². The lowest BCUT2D eigenvalue weighted by Crippen LogP contribution is -2.51. The summed E-state index contributed by atoms with van der Waals surface area (Å²) in [6.45, 7) is 3.01. The minimum absolute atomic E-state index is 0.0475. The Labute approximate surface area is 197 Å². The van der Waals surface area contributed by atoms with Crippen LogP contribution in [0.15, 0.2) is 42.5 Å². The van der Waals surface area contributed by atoms with Gasteiger partial charge in [-0.15, -0.1) is 0 Å². The molecule has 7 nitrogen and oxygen atoms in total. The fourth-order valence-corrected chi connectivity index (χ4v) is 4.28. The van der Waals surface area contributed by atoms with E-state index in [-0.39, 0.29) is 12.2 Å². The first-order valence-corrected chi connectivity index (χ1v) is 12.3. The number of hydrogen-bond donors (Lipinski definition) is 1. The van der Waals surface area contributed by atoms with Crippen LogP contribution in [0.3, 0.4) is 0 Å². The minimum atomic E-state index is -3.88. The van der Waals surface area contributed by atoms with E-state index in [1.807, 2.05) is 0 Å². The maximum atomic E-state index is 13.3. The normalized spacial score (nSPS) is 12.2. The zero-order chi connectivity index (χ0) is 24.1. The molecule has 0 unspecified atom stereocenters. The molecule has 0 aromatic heterocycles. The largest absolute Gasteiger partial charge is 0.355 e. The van der Waals surface area contributed by atoms with Gasteiger partial charge in [-0.2, -0.15) is 0 Å². The SMILES string of the molecule is CCNC(=O)[C@@H](C)N(Cc1ccc(Cl)cc1Cl)C(=O)CN(c1ccc(F)cc1)S(C)(=O)=O. The quantitative estimate of drug-likeness (QED) is 0.567. The average Bonchev–Trinajstić information content (AvgIpc) is 2.71. The van der Waals surface area contributed by atoms with Crippen LogP contribution < -0.4 is 9.62 Å². The highest BCUT2D eigenvalue weighted by atomic mass is 35.5. The van der Waals surface area contributed by atoms with Crippen molar-refractivity contribution >= 4 is 50.7 Å². The van der Waals surface area contributed by atoms with Gasteiger partial charge in [0.05, 0.1) is 11.9 Å². The van der Waals surface area contributed by atoms with E-state index in [1.165, 1.54) is 30.0 Å². The Hall–Kier alpha value is -2.36. The van der Waals surface area contributed by atoms with E-state index in [2.05, 4.69) is 5.32 Å². The van der Waals surface area contributed by atoms with Gasteiger partial charge >= 0.3 is 0 Å². The Kier molecular flexibility index (Phi) is 8.89. The second-order valence-corrected chi connectivity index (χ2v) is 9.82. The van der Waals surface area contributed by atoms with Gasteiger partial charge in [-0.1, -0.05) is 29.3 Å². The molecule has 174 valence electrons. The first-order chi connectivity index (χ1) is 14.9. The number of carbonyl (C=O) groups excluding carboxylic acids is 2. The second-order valence-electron chi connectivity index (χ2n) is 7.07. The van der Waals surface area contributed by atoms with Crippen molar-refractivity contribution in [2.75, 3.05) is 23.7 Å². The van der Waals surface area contributed by atoms with Gasteiger partial charge in [0.25, 0.3) is 0 Å². The van der Waals surface area contributed by atoms with E-state index in [9.17, 15) is 22.4 Å². The maximum Gasteiger partial charge on any atom is 0.244 e. The summed E-state index contributed by atoms with van der Waals surface area (Å²) in [6.07, 6.45) is 0.942. The number of carbonyl (C=O) groups is 2. The molecule has 32 heavy (non-hydrogen) atoms. The highest BCUT2D eigenvalue weighted by molar-refractivity contribution is 7.92. The molecule has 0 saturated heterocycles. The van der Waals surface area contributed by atoms with Crippen molar-refractivity contribution < 1.29 is 22.4 Å². The van der Waals surface area contributed by atoms with Crippen molar-refractivity contribution in [2.24, 2.45) is 0 Å². The van der Waals surface area contributed by atoms with Crippen molar-refractivity contribution in [1.82, 2.24) is 10.2 Å². The fraction of sp³-hybridized carbons (Fsp3) is 0.333. The van der Waals surface area contributed by atoms with Gasteiger partial charge in [-0.05, 0) is 55.8 Å². The van der Waals surface area contributed by atoms with E-state index in [4.69, 9.17) is 23.2 Å². The van der Waals surface area contributed by atoms with Gasteiger partial charge in [0.15, 0.2) is 0 Å². The number of amides is 2. The van der Waals surface area contributed by atoms with Gasteiger partial charge in [0, 0.05) is 23.1 Å². The van der Waals surface area contributed by atoms with Crippen LogP contribution in [0.4, 0.5) is 10.1 Å². The van der Waals surface area contributed by atoms with Gasteiger partial charge < -0.3 is 10.2 Å². The van der Waals surface area contributed by atoms with Crippen LogP contribution in [0.2, 0.25) is 10.0 Å². The predicted molar refractivity (Wildman–Crippen MR) is 124 cm³/mol. The molecule has 2 aromatic rings. The monoisotopic (exact) mass is 503 g/mol. The molecule has 0 bridgehead atoms. The van der Waals surface area contributed by atoms with Crippen LogP contribution >= 0.6 is 23.2 Å². The molecule has 0 saturated carbocycles. The topological polar surface area (TPSA) is 86.8 Å². The lowest BCUT2D eigenvalue weighted by atomic mass is 10.1. The molecule has 0 fully saturated rings. The summed E-state index contributed by atoms with van der Waals surface area (Å²) in [5, 5.41) is 3.36. The number of sulfonamides is 1. The molecule has 0 spiro atoms.